The number of nitro groups is 1. The molecule has 0 aliphatic rings. The predicted molar refractivity (Wildman–Crippen MR) is 106 cm³/mol. The minimum absolute atomic E-state index is 0.00473. The van der Waals surface area contributed by atoms with Gasteiger partial charge in [0, 0.05) is 17.0 Å². The summed E-state index contributed by atoms with van der Waals surface area (Å²) in [4.78, 5) is 15.3. The molecule has 3 aromatic rings. The number of methoxy groups -OCH3 is 1. The molecule has 0 N–H and O–H groups in total. The maximum atomic E-state index is 11.2. The third-order valence-corrected chi connectivity index (χ3v) is 3.93. The van der Waals surface area contributed by atoms with Gasteiger partial charge in [-0.3, -0.25) is 10.1 Å². The predicted octanol–water partition coefficient (Wildman–Crippen LogP) is 5.11. The van der Waals surface area contributed by atoms with E-state index in [1.54, 1.807) is 25.3 Å². The van der Waals surface area contributed by atoms with Crippen LogP contribution in [0.2, 0.25) is 0 Å². The van der Waals surface area contributed by atoms with E-state index in [-0.39, 0.29) is 11.8 Å². The van der Waals surface area contributed by atoms with Gasteiger partial charge in [-0.2, -0.15) is 0 Å². The summed E-state index contributed by atoms with van der Waals surface area (Å²) in [5, 5.41) is 12.0. The van der Waals surface area contributed by atoms with E-state index in [0.29, 0.717) is 22.7 Å². The van der Waals surface area contributed by atoms with Crippen molar-refractivity contribution in [3.63, 3.8) is 0 Å². The van der Waals surface area contributed by atoms with Crippen LogP contribution in [0, 0.1) is 10.1 Å². The van der Waals surface area contributed by atoms with Gasteiger partial charge in [-0.1, -0.05) is 30.3 Å². The van der Waals surface area contributed by atoms with E-state index in [2.05, 4.69) is 4.98 Å². The van der Waals surface area contributed by atoms with Gasteiger partial charge in [0.25, 0.3) is 5.69 Å². The van der Waals surface area contributed by atoms with Gasteiger partial charge >= 0.3 is 0 Å². The number of ether oxygens (including phenoxy) is 2. The second kappa shape index (κ2) is 7.86. The highest BCUT2D eigenvalue weighted by atomic mass is 16.6. The molecule has 3 rings (SSSR count). The first-order chi connectivity index (χ1) is 13.0. The Morgan fingerprint density at radius 2 is 1.85 bits per heavy atom. The molecule has 6 nitrogen and oxygen atoms in total. The van der Waals surface area contributed by atoms with Gasteiger partial charge in [-0.05, 0) is 38.1 Å². The quantitative estimate of drug-likeness (QED) is 0.449. The van der Waals surface area contributed by atoms with Crippen molar-refractivity contribution in [2.75, 3.05) is 7.11 Å². The van der Waals surface area contributed by atoms with Gasteiger partial charge in [-0.25, -0.2) is 4.98 Å². The zero-order valence-corrected chi connectivity index (χ0v) is 15.4. The Hall–Kier alpha value is -3.41. The lowest BCUT2D eigenvalue weighted by atomic mass is 10.1. The second-order valence-corrected chi connectivity index (χ2v) is 6.22. The summed E-state index contributed by atoms with van der Waals surface area (Å²) >= 11 is 0. The van der Waals surface area contributed by atoms with Crippen molar-refractivity contribution < 1.29 is 14.4 Å². The molecule has 1 heterocycles. The summed E-state index contributed by atoms with van der Waals surface area (Å²) in [6, 6.07) is 14.2. The molecule has 138 valence electrons. The summed E-state index contributed by atoms with van der Waals surface area (Å²) in [6.07, 6.45) is 3.66. The first-order valence-corrected chi connectivity index (χ1v) is 8.55. The summed E-state index contributed by atoms with van der Waals surface area (Å²) in [5.74, 6) is 1.30. The molecule has 0 fully saturated rings. The molecule has 1 aromatic heterocycles. The standard InChI is InChI=1S/C21H20N2O4/c1-14(2)27-21-16(7-5-9-19(21)26-3)11-13-17-12-10-15-6-4-8-18(23(24)25)20(15)22-17/h4-14H,1-3H3/b13-11+. The number of hydrogen-bond donors (Lipinski definition) is 0. The van der Waals surface area contributed by atoms with Crippen LogP contribution in [0.5, 0.6) is 11.5 Å². The van der Waals surface area contributed by atoms with Gasteiger partial charge in [0.1, 0.15) is 5.52 Å². The van der Waals surface area contributed by atoms with Gasteiger partial charge in [0.05, 0.1) is 23.8 Å². The van der Waals surface area contributed by atoms with Crippen molar-refractivity contribution in [2.24, 2.45) is 0 Å². The average molecular weight is 364 g/mol. The number of nitro benzene ring substituents is 1. The topological polar surface area (TPSA) is 74.5 Å². The maximum Gasteiger partial charge on any atom is 0.295 e. The number of fused-ring (bicyclic) bond motifs is 1. The van der Waals surface area contributed by atoms with Crippen molar-refractivity contribution >= 4 is 28.7 Å². The van der Waals surface area contributed by atoms with Gasteiger partial charge in [0.2, 0.25) is 0 Å². The Bertz CT molecular complexity index is 1010. The van der Waals surface area contributed by atoms with Crippen LogP contribution in [0.4, 0.5) is 5.69 Å². The summed E-state index contributed by atoms with van der Waals surface area (Å²) in [7, 11) is 1.60. The third-order valence-electron chi connectivity index (χ3n) is 3.93. The minimum Gasteiger partial charge on any atom is -0.493 e. The van der Waals surface area contributed by atoms with Gasteiger partial charge < -0.3 is 9.47 Å². The number of para-hydroxylation sites is 2. The number of pyridine rings is 1. The van der Waals surface area contributed by atoms with Gasteiger partial charge in [0.15, 0.2) is 11.5 Å². The minimum atomic E-state index is -0.417. The average Bonchev–Trinajstić information content (AvgIpc) is 2.65. The number of nitrogens with zero attached hydrogens (tertiary/aromatic N) is 2. The highest BCUT2D eigenvalue weighted by molar-refractivity contribution is 5.88. The number of non-ortho nitro benzene ring substituents is 1. The first-order valence-electron chi connectivity index (χ1n) is 8.55. The fraction of sp³-hybridized carbons (Fsp3) is 0.190. The zero-order chi connectivity index (χ0) is 19.4. The fourth-order valence-electron chi connectivity index (χ4n) is 2.75. The largest absolute Gasteiger partial charge is 0.493 e. The fourth-order valence-corrected chi connectivity index (χ4v) is 2.75. The van der Waals surface area contributed by atoms with E-state index in [0.717, 1.165) is 10.9 Å². The number of benzene rings is 2. The molecule has 0 aliphatic carbocycles. The van der Waals surface area contributed by atoms with Crippen molar-refractivity contribution in [1.82, 2.24) is 4.98 Å². The normalized spacial score (nSPS) is 11.3. The molecule has 6 heteroatoms. The van der Waals surface area contributed by atoms with Crippen LogP contribution in [-0.2, 0) is 0 Å². The molecule has 0 spiro atoms. The SMILES string of the molecule is COc1cccc(/C=C/c2ccc3cccc([N+](=O)[O-])c3n2)c1OC(C)C. The molecule has 0 bridgehead atoms. The molecule has 0 unspecified atom stereocenters. The molecule has 0 saturated carbocycles. The second-order valence-electron chi connectivity index (χ2n) is 6.22. The first kappa shape index (κ1) is 18.4. The van der Waals surface area contributed by atoms with Crippen LogP contribution in [-0.4, -0.2) is 23.1 Å². The van der Waals surface area contributed by atoms with E-state index >= 15 is 0 Å². The summed E-state index contributed by atoms with van der Waals surface area (Å²) < 4.78 is 11.3. The number of aromatic nitrogens is 1. The Kier molecular flexibility index (Phi) is 5.35. The van der Waals surface area contributed by atoms with Crippen molar-refractivity contribution in [1.29, 1.82) is 0 Å². The van der Waals surface area contributed by atoms with Crippen LogP contribution in [0.3, 0.4) is 0 Å². The van der Waals surface area contributed by atoms with Crippen LogP contribution < -0.4 is 9.47 Å². The van der Waals surface area contributed by atoms with Crippen molar-refractivity contribution in [3.8, 4) is 11.5 Å². The molecule has 2 aromatic carbocycles. The van der Waals surface area contributed by atoms with Crippen LogP contribution in [0.25, 0.3) is 23.1 Å². The molecule has 0 radical (unpaired) electrons. The lowest BCUT2D eigenvalue weighted by Crippen LogP contribution is -2.07. The maximum absolute atomic E-state index is 11.2. The Labute approximate surface area is 157 Å². The van der Waals surface area contributed by atoms with Crippen LogP contribution in [0.15, 0.2) is 48.5 Å². The Balaban J connectivity index is 2.01. The van der Waals surface area contributed by atoms with Crippen molar-refractivity contribution in [3.05, 3.63) is 69.9 Å². The molecular weight excluding hydrogens is 344 g/mol. The summed E-state index contributed by atoms with van der Waals surface area (Å²) in [5.41, 5.74) is 1.82. The summed E-state index contributed by atoms with van der Waals surface area (Å²) in [6.45, 7) is 3.90. The van der Waals surface area contributed by atoms with Crippen LogP contribution >= 0.6 is 0 Å². The molecular formula is C21H20N2O4. The highest BCUT2D eigenvalue weighted by Crippen LogP contribution is 2.33. The highest BCUT2D eigenvalue weighted by Gasteiger charge is 2.13. The smallest absolute Gasteiger partial charge is 0.295 e. The van der Waals surface area contributed by atoms with Crippen molar-refractivity contribution in [2.45, 2.75) is 20.0 Å². The lowest BCUT2D eigenvalue weighted by molar-refractivity contribution is -0.383. The Morgan fingerprint density at radius 3 is 2.56 bits per heavy atom. The van der Waals surface area contributed by atoms with E-state index in [4.69, 9.17) is 9.47 Å². The van der Waals surface area contributed by atoms with E-state index in [1.807, 2.05) is 50.3 Å². The molecule has 0 aliphatic heterocycles. The monoisotopic (exact) mass is 364 g/mol. The molecule has 27 heavy (non-hydrogen) atoms. The molecule has 0 amide bonds. The lowest BCUT2D eigenvalue weighted by Gasteiger charge is -2.15. The van der Waals surface area contributed by atoms with E-state index in [9.17, 15) is 10.1 Å². The third kappa shape index (κ3) is 4.06. The number of rotatable bonds is 6. The van der Waals surface area contributed by atoms with E-state index < -0.39 is 4.92 Å². The zero-order valence-electron chi connectivity index (χ0n) is 15.4. The molecule has 0 atom stereocenters. The van der Waals surface area contributed by atoms with E-state index in [1.165, 1.54) is 6.07 Å². The number of hydrogen-bond acceptors (Lipinski definition) is 5. The molecule has 0 saturated heterocycles. The van der Waals surface area contributed by atoms with Gasteiger partial charge in [-0.15, -0.1) is 0 Å². The van der Waals surface area contributed by atoms with Crippen LogP contribution in [0.1, 0.15) is 25.1 Å². The Morgan fingerprint density at radius 1 is 1.07 bits per heavy atom.